The zero-order valence-corrected chi connectivity index (χ0v) is 15.7. The average Bonchev–Trinajstić information content (AvgIpc) is 2.55. The number of halogens is 3. The van der Waals surface area contributed by atoms with Gasteiger partial charge in [-0.1, -0.05) is 53.1 Å². The lowest BCUT2D eigenvalue weighted by Gasteiger charge is -2.10. The Morgan fingerprint density at radius 1 is 1.25 bits per heavy atom. The van der Waals surface area contributed by atoms with Gasteiger partial charge in [0, 0.05) is 11.1 Å². The summed E-state index contributed by atoms with van der Waals surface area (Å²) < 4.78 is 19.3. The summed E-state index contributed by atoms with van der Waals surface area (Å²) >= 11 is 12.5. The predicted octanol–water partition coefficient (Wildman–Crippen LogP) is 6.06. The molecule has 1 aromatic carbocycles. The maximum absolute atomic E-state index is 14.1. The lowest BCUT2D eigenvalue weighted by molar-refractivity contribution is 0.342. The Labute approximate surface area is 152 Å². The summed E-state index contributed by atoms with van der Waals surface area (Å²) in [5.41, 5.74) is 2.60. The summed E-state index contributed by atoms with van der Waals surface area (Å²) in [6.07, 6.45) is 7.83. The Morgan fingerprint density at radius 2 is 1.92 bits per heavy atom. The molecule has 0 fully saturated rings. The molecule has 1 N–H and O–H groups in total. The van der Waals surface area contributed by atoms with Crippen LogP contribution in [-0.4, -0.2) is 18.8 Å². The SMILES string of the molecule is COc1cc(Cl)c(/C=C/C(C)=C(F)/C=C/C(C)=C/CO)c(Cl)c1C. The van der Waals surface area contributed by atoms with Crippen LogP contribution < -0.4 is 4.74 Å². The molecule has 0 aliphatic heterocycles. The van der Waals surface area contributed by atoms with Crippen LogP contribution in [0.3, 0.4) is 0 Å². The number of aliphatic hydroxyl groups is 1. The van der Waals surface area contributed by atoms with Gasteiger partial charge in [0.15, 0.2) is 0 Å². The van der Waals surface area contributed by atoms with Crippen molar-refractivity contribution < 1.29 is 14.2 Å². The molecule has 0 heterocycles. The van der Waals surface area contributed by atoms with E-state index >= 15 is 0 Å². The topological polar surface area (TPSA) is 29.5 Å². The van der Waals surface area contributed by atoms with Gasteiger partial charge in [0.1, 0.15) is 11.6 Å². The van der Waals surface area contributed by atoms with Crippen LogP contribution in [0.25, 0.3) is 6.08 Å². The molecule has 0 unspecified atom stereocenters. The smallest absolute Gasteiger partial charge is 0.126 e. The van der Waals surface area contributed by atoms with Crippen molar-refractivity contribution in [2.45, 2.75) is 20.8 Å². The van der Waals surface area contributed by atoms with Crippen molar-refractivity contribution in [2.24, 2.45) is 0 Å². The first-order chi connectivity index (χ1) is 11.3. The molecule has 0 aliphatic carbocycles. The quantitative estimate of drug-likeness (QED) is 0.616. The minimum atomic E-state index is -0.380. The number of aliphatic hydroxyl groups excluding tert-OH is 1. The van der Waals surface area contributed by atoms with Crippen LogP contribution in [0.2, 0.25) is 10.0 Å². The first-order valence-corrected chi connectivity index (χ1v) is 8.10. The number of allylic oxidation sites excluding steroid dienone is 6. The van der Waals surface area contributed by atoms with Crippen LogP contribution in [0, 0.1) is 6.92 Å². The first kappa shape index (κ1) is 20.5. The molecule has 0 aliphatic rings. The molecule has 0 aromatic heterocycles. The van der Waals surface area contributed by atoms with Crippen LogP contribution >= 0.6 is 23.2 Å². The summed E-state index contributed by atoms with van der Waals surface area (Å²) in [5.74, 6) is 0.226. The number of methoxy groups -OCH3 is 1. The molecule has 0 saturated carbocycles. The molecule has 5 heteroatoms. The van der Waals surface area contributed by atoms with E-state index in [4.69, 9.17) is 33.0 Å². The number of hydrogen-bond donors (Lipinski definition) is 1. The highest BCUT2D eigenvalue weighted by Crippen LogP contribution is 2.35. The van der Waals surface area contributed by atoms with E-state index < -0.39 is 0 Å². The fourth-order valence-corrected chi connectivity index (χ4v) is 2.48. The van der Waals surface area contributed by atoms with Crippen LogP contribution in [-0.2, 0) is 0 Å². The van der Waals surface area contributed by atoms with Crippen molar-refractivity contribution in [3.05, 3.63) is 68.5 Å². The average molecular weight is 371 g/mol. The molecule has 130 valence electrons. The van der Waals surface area contributed by atoms with Crippen molar-refractivity contribution >= 4 is 29.3 Å². The Morgan fingerprint density at radius 3 is 2.50 bits per heavy atom. The molecule has 24 heavy (non-hydrogen) atoms. The lowest BCUT2D eigenvalue weighted by atomic mass is 10.1. The highest BCUT2D eigenvalue weighted by molar-refractivity contribution is 6.37. The van der Waals surface area contributed by atoms with Gasteiger partial charge in [-0.25, -0.2) is 4.39 Å². The van der Waals surface area contributed by atoms with E-state index in [9.17, 15) is 4.39 Å². The van der Waals surface area contributed by atoms with E-state index in [1.54, 1.807) is 51.3 Å². The Kier molecular flexibility index (Phi) is 8.26. The zero-order valence-electron chi connectivity index (χ0n) is 14.2. The van der Waals surface area contributed by atoms with Crippen molar-refractivity contribution in [3.63, 3.8) is 0 Å². The van der Waals surface area contributed by atoms with Crippen LogP contribution in [0.5, 0.6) is 5.75 Å². The highest BCUT2D eigenvalue weighted by atomic mass is 35.5. The summed E-state index contributed by atoms with van der Waals surface area (Å²) in [6.45, 7) is 5.19. The van der Waals surface area contributed by atoms with Gasteiger partial charge in [-0.2, -0.15) is 0 Å². The second-order valence-corrected chi connectivity index (χ2v) is 6.03. The summed E-state index contributed by atoms with van der Waals surface area (Å²) in [7, 11) is 1.55. The number of ether oxygens (including phenoxy) is 1. The largest absolute Gasteiger partial charge is 0.496 e. The van der Waals surface area contributed by atoms with Crippen molar-refractivity contribution in [2.75, 3.05) is 13.7 Å². The minimum absolute atomic E-state index is 0.0752. The molecule has 0 bridgehead atoms. The standard InChI is InChI=1S/C19H21Cl2FO2/c1-12(9-10-23)5-8-17(22)13(2)6-7-15-16(20)11-18(24-4)14(3)19(15)21/h5-9,11,23H,10H2,1-4H3/b7-6+,8-5+,12-9+,17-13-. The fraction of sp³-hybridized carbons (Fsp3) is 0.263. The van der Waals surface area contributed by atoms with Crippen molar-refractivity contribution in [1.82, 2.24) is 0 Å². The zero-order chi connectivity index (χ0) is 18.3. The monoisotopic (exact) mass is 370 g/mol. The van der Waals surface area contributed by atoms with Gasteiger partial charge in [-0.15, -0.1) is 0 Å². The van der Waals surface area contributed by atoms with Gasteiger partial charge in [-0.05, 0) is 38.5 Å². The van der Waals surface area contributed by atoms with Gasteiger partial charge >= 0.3 is 0 Å². The van der Waals surface area contributed by atoms with E-state index in [0.717, 1.165) is 11.1 Å². The molecule has 0 atom stereocenters. The molecule has 0 spiro atoms. The van der Waals surface area contributed by atoms with Crippen LogP contribution in [0.4, 0.5) is 4.39 Å². The van der Waals surface area contributed by atoms with Gasteiger partial charge in [0.2, 0.25) is 0 Å². The van der Waals surface area contributed by atoms with Crippen molar-refractivity contribution in [3.8, 4) is 5.75 Å². The van der Waals surface area contributed by atoms with Crippen LogP contribution in [0.15, 0.2) is 47.3 Å². The molecule has 0 amide bonds. The van der Waals surface area contributed by atoms with E-state index in [2.05, 4.69) is 0 Å². The lowest BCUT2D eigenvalue weighted by Crippen LogP contribution is -1.91. The number of benzene rings is 1. The van der Waals surface area contributed by atoms with Gasteiger partial charge in [0.25, 0.3) is 0 Å². The predicted molar refractivity (Wildman–Crippen MR) is 101 cm³/mol. The third-order valence-corrected chi connectivity index (χ3v) is 4.25. The normalized spacial score (nSPS) is 13.8. The van der Waals surface area contributed by atoms with Gasteiger partial charge in [-0.3, -0.25) is 0 Å². The molecule has 0 radical (unpaired) electrons. The minimum Gasteiger partial charge on any atom is -0.496 e. The maximum Gasteiger partial charge on any atom is 0.126 e. The highest BCUT2D eigenvalue weighted by Gasteiger charge is 2.11. The summed E-state index contributed by atoms with van der Waals surface area (Å²) in [6, 6.07) is 1.68. The molecular formula is C19H21Cl2FO2. The van der Waals surface area contributed by atoms with Gasteiger partial charge in [0.05, 0.1) is 23.8 Å². The summed E-state index contributed by atoms with van der Waals surface area (Å²) in [4.78, 5) is 0. The van der Waals surface area contributed by atoms with E-state index in [1.165, 1.54) is 6.08 Å². The van der Waals surface area contributed by atoms with Crippen LogP contribution in [0.1, 0.15) is 25.0 Å². The first-order valence-electron chi connectivity index (χ1n) is 7.34. The third kappa shape index (κ3) is 5.52. The maximum atomic E-state index is 14.1. The Bertz CT molecular complexity index is 717. The van der Waals surface area contributed by atoms with Crippen molar-refractivity contribution in [1.29, 1.82) is 0 Å². The number of rotatable bonds is 6. The van der Waals surface area contributed by atoms with E-state index in [-0.39, 0.29) is 12.4 Å². The Balaban J connectivity index is 3.10. The van der Waals surface area contributed by atoms with E-state index in [0.29, 0.717) is 26.9 Å². The molecular weight excluding hydrogens is 350 g/mol. The second kappa shape index (κ2) is 9.67. The fourth-order valence-electron chi connectivity index (χ4n) is 1.92. The Hall–Kier alpha value is -1.55. The molecule has 1 rings (SSSR count). The second-order valence-electron chi connectivity index (χ2n) is 5.24. The molecule has 1 aromatic rings. The summed E-state index contributed by atoms with van der Waals surface area (Å²) in [5, 5.41) is 9.68. The third-order valence-electron chi connectivity index (χ3n) is 3.45. The van der Waals surface area contributed by atoms with E-state index in [1.807, 2.05) is 6.92 Å². The molecule has 2 nitrogen and oxygen atoms in total. The number of hydrogen-bond acceptors (Lipinski definition) is 2. The molecule has 0 saturated heterocycles. The van der Waals surface area contributed by atoms with Gasteiger partial charge < -0.3 is 9.84 Å².